The molecule has 3 aromatic carbocycles. The molecule has 0 saturated carbocycles. The van der Waals surface area contributed by atoms with Crippen molar-refractivity contribution in [2.24, 2.45) is 23.1 Å². The number of para-hydroxylation sites is 1. The zero-order valence-corrected chi connectivity index (χ0v) is 36.2. The summed E-state index contributed by atoms with van der Waals surface area (Å²) in [6, 6.07) is 21.3. The molecule has 4 aromatic rings. The molecule has 4 fully saturated rings. The lowest BCUT2D eigenvalue weighted by Crippen LogP contribution is -2.49. The molecule has 0 aliphatic carbocycles. The van der Waals surface area contributed by atoms with Gasteiger partial charge >= 0.3 is 6.03 Å². The number of amides is 4. The lowest BCUT2D eigenvalue weighted by molar-refractivity contribution is -0.120. The second-order valence-electron chi connectivity index (χ2n) is 17.6. The SMILES string of the molecule is COC1CC(c2ccc(C(=O)N3CCC(CN4CCC(n5c(C)cc6c(N7CCC(=O)NC7=O)cccc65)CC4)CC3)cc2C)CN(C(/C=C(\N)c2ccccc2O)=C(N)N)C1. The number of carbonyl (C=O) groups excluding carboxylic acids is 3. The van der Waals surface area contributed by atoms with E-state index in [9.17, 15) is 19.5 Å². The van der Waals surface area contributed by atoms with Crippen LogP contribution in [0.15, 0.2) is 84.3 Å². The van der Waals surface area contributed by atoms with E-state index in [2.05, 4.69) is 51.7 Å². The largest absolute Gasteiger partial charge is 0.507 e. The zero-order chi connectivity index (χ0) is 43.7. The molecule has 62 heavy (non-hydrogen) atoms. The predicted molar refractivity (Wildman–Crippen MR) is 242 cm³/mol. The summed E-state index contributed by atoms with van der Waals surface area (Å²) in [6.45, 7) is 10.4. The number of phenolic OH excluding ortho intramolecular Hbond substituents is 1. The number of nitrogens with two attached hydrogens (primary N) is 3. The van der Waals surface area contributed by atoms with Crippen LogP contribution in [0.2, 0.25) is 0 Å². The number of aromatic nitrogens is 1. The predicted octanol–water partition coefficient (Wildman–Crippen LogP) is 5.49. The first-order chi connectivity index (χ1) is 29.9. The van der Waals surface area contributed by atoms with Crippen molar-refractivity contribution in [3.8, 4) is 5.75 Å². The molecule has 0 bridgehead atoms. The van der Waals surface area contributed by atoms with Crippen LogP contribution < -0.4 is 27.4 Å². The molecule has 8 N–H and O–H groups in total. The number of likely N-dealkylation sites (tertiary alicyclic amines) is 3. The van der Waals surface area contributed by atoms with Crippen LogP contribution in [0.1, 0.15) is 83.2 Å². The molecule has 5 heterocycles. The van der Waals surface area contributed by atoms with Gasteiger partial charge < -0.3 is 46.3 Å². The van der Waals surface area contributed by atoms with Gasteiger partial charge in [-0.15, -0.1) is 0 Å². The number of imide groups is 1. The van der Waals surface area contributed by atoms with Crippen molar-refractivity contribution in [2.45, 2.75) is 70.4 Å². The number of hydrogen-bond acceptors (Lipinski definition) is 10. The summed E-state index contributed by atoms with van der Waals surface area (Å²) in [6.07, 6.45) is 6.81. The van der Waals surface area contributed by atoms with Gasteiger partial charge in [0.15, 0.2) is 0 Å². The first-order valence-electron chi connectivity index (χ1n) is 22.0. The number of fused-ring (bicyclic) bond motifs is 1. The van der Waals surface area contributed by atoms with Gasteiger partial charge in [-0.1, -0.05) is 24.3 Å². The third-order valence-electron chi connectivity index (χ3n) is 13.6. The number of phenols is 1. The molecule has 8 rings (SSSR count). The van der Waals surface area contributed by atoms with E-state index in [0.717, 1.165) is 92.5 Å². The molecular weight excluding hydrogens is 783 g/mol. The number of aromatic hydroxyl groups is 1. The molecular formula is C48H61N9O5. The second-order valence-corrected chi connectivity index (χ2v) is 17.6. The average Bonchev–Trinajstić information content (AvgIpc) is 3.61. The van der Waals surface area contributed by atoms with Gasteiger partial charge in [-0.2, -0.15) is 0 Å². The van der Waals surface area contributed by atoms with Crippen LogP contribution >= 0.6 is 0 Å². The summed E-state index contributed by atoms with van der Waals surface area (Å²) in [5.74, 6) is 0.699. The van der Waals surface area contributed by atoms with Crippen molar-refractivity contribution in [1.82, 2.24) is 24.6 Å². The van der Waals surface area contributed by atoms with Gasteiger partial charge in [0.1, 0.15) is 11.6 Å². The van der Waals surface area contributed by atoms with Gasteiger partial charge in [-0.05, 0) is 112 Å². The minimum atomic E-state index is -0.359. The van der Waals surface area contributed by atoms with Crippen LogP contribution in [0.5, 0.6) is 5.75 Å². The first kappa shape index (κ1) is 42.7. The smallest absolute Gasteiger partial charge is 0.328 e. The molecule has 14 heteroatoms. The quantitative estimate of drug-likeness (QED) is 0.128. The van der Waals surface area contributed by atoms with Crippen molar-refractivity contribution >= 4 is 40.1 Å². The normalized spacial score (nSPS) is 21.1. The number of methoxy groups -OCH3 is 1. The number of benzene rings is 3. The Morgan fingerprint density at radius 1 is 0.887 bits per heavy atom. The van der Waals surface area contributed by atoms with Gasteiger partial charge in [-0.3, -0.25) is 19.8 Å². The molecule has 328 valence electrons. The summed E-state index contributed by atoms with van der Waals surface area (Å²) in [5, 5.41) is 13.9. The number of aryl methyl sites for hydroxylation is 2. The molecule has 4 aliphatic heterocycles. The maximum absolute atomic E-state index is 13.9. The van der Waals surface area contributed by atoms with E-state index in [1.165, 1.54) is 5.69 Å². The maximum atomic E-state index is 13.9. The fraction of sp³-hybridized carbons (Fsp3) is 0.438. The highest BCUT2D eigenvalue weighted by Gasteiger charge is 2.33. The lowest BCUT2D eigenvalue weighted by Gasteiger charge is -2.40. The minimum absolute atomic E-state index is 0.0764. The Balaban J connectivity index is 0.853. The van der Waals surface area contributed by atoms with E-state index < -0.39 is 0 Å². The van der Waals surface area contributed by atoms with Gasteiger partial charge in [0.25, 0.3) is 5.91 Å². The molecule has 0 radical (unpaired) electrons. The Bertz CT molecular complexity index is 2390. The highest BCUT2D eigenvalue weighted by atomic mass is 16.5. The fourth-order valence-corrected chi connectivity index (χ4v) is 10.3. The van der Waals surface area contributed by atoms with Gasteiger partial charge in [0.2, 0.25) is 5.91 Å². The van der Waals surface area contributed by atoms with E-state index in [0.29, 0.717) is 60.5 Å². The summed E-state index contributed by atoms with van der Waals surface area (Å²) in [5.41, 5.74) is 26.4. The van der Waals surface area contributed by atoms with Crippen LogP contribution in [0.3, 0.4) is 0 Å². The molecule has 4 amide bonds. The number of rotatable bonds is 10. The molecule has 4 saturated heterocycles. The highest BCUT2D eigenvalue weighted by Crippen LogP contribution is 2.37. The number of piperidine rings is 3. The molecule has 1 aromatic heterocycles. The van der Waals surface area contributed by atoms with Gasteiger partial charge in [0.05, 0.1) is 23.0 Å². The van der Waals surface area contributed by atoms with Crippen LogP contribution in [-0.4, -0.2) is 108 Å². The van der Waals surface area contributed by atoms with E-state index in [1.54, 1.807) is 36.3 Å². The van der Waals surface area contributed by atoms with Crippen LogP contribution in [0.4, 0.5) is 10.5 Å². The van der Waals surface area contributed by atoms with E-state index in [1.807, 2.05) is 35.2 Å². The Hall–Kier alpha value is -5.99. The summed E-state index contributed by atoms with van der Waals surface area (Å²) in [7, 11) is 1.71. The number of urea groups is 1. The number of allylic oxidation sites excluding steroid dienone is 1. The Kier molecular flexibility index (Phi) is 12.5. The topological polar surface area (TPSA) is 189 Å². The van der Waals surface area contributed by atoms with Crippen LogP contribution in [-0.2, 0) is 9.53 Å². The van der Waals surface area contributed by atoms with E-state index in [4.69, 9.17) is 21.9 Å². The van der Waals surface area contributed by atoms with Crippen LogP contribution in [0.25, 0.3) is 16.6 Å². The maximum Gasteiger partial charge on any atom is 0.328 e. The van der Waals surface area contributed by atoms with Crippen molar-refractivity contribution in [3.05, 3.63) is 112 Å². The number of ether oxygens (including phenoxy) is 1. The molecule has 2 unspecified atom stereocenters. The Morgan fingerprint density at radius 2 is 1.65 bits per heavy atom. The minimum Gasteiger partial charge on any atom is -0.507 e. The second kappa shape index (κ2) is 18.2. The lowest BCUT2D eigenvalue weighted by atomic mass is 9.85. The van der Waals surface area contributed by atoms with Crippen molar-refractivity contribution in [2.75, 3.05) is 64.4 Å². The van der Waals surface area contributed by atoms with Gasteiger partial charge in [0, 0.05) is 106 Å². The monoisotopic (exact) mass is 843 g/mol. The Labute approximate surface area is 363 Å². The molecule has 2 atom stereocenters. The number of anilines is 1. The van der Waals surface area contributed by atoms with E-state index >= 15 is 0 Å². The third kappa shape index (κ3) is 8.84. The van der Waals surface area contributed by atoms with Gasteiger partial charge in [-0.25, -0.2) is 4.79 Å². The zero-order valence-electron chi connectivity index (χ0n) is 36.2. The standard InChI is InChI=1S/C48H61N9O5/c1-30-23-33(11-12-37(30)34-25-36(62-3)29-55(28-34)43(46(50)51)26-40(49)38-7-4-5-10-44(38)58)47(60)54-20-13-32(14-21-54)27-53-18-15-35(16-19-53)57-31(2)24-39-41(8-6-9-42(39)57)56-22-17-45(59)52-48(56)61/h4-12,23-24,26,32,34-36,58H,13-22,25,27-29,49-51H2,1-3H3,(H,52,59,61)/b40-26-. The number of hydrogen-bond donors (Lipinski definition) is 5. The van der Waals surface area contributed by atoms with Crippen molar-refractivity contribution in [1.29, 1.82) is 0 Å². The fourth-order valence-electron chi connectivity index (χ4n) is 10.3. The van der Waals surface area contributed by atoms with Crippen molar-refractivity contribution in [3.63, 3.8) is 0 Å². The Morgan fingerprint density at radius 3 is 2.34 bits per heavy atom. The first-order valence-corrected chi connectivity index (χ1v) is 22.0. The average molecular weight is 844 g/mol. The molecule has 0 spiro atoms. The summed E-state index contributed by atoms with van der Waals surface area (Å²) < 4.78 is 8.34. The molecule has 4 aliphatic rings. The van der Waals surface area contributed by atoms with E-state index in [-0.39, 0.29) is 41.4 Å². The number of carbonyl (C=O) groups is 3. The third-order valence-corrected chi connectivity index (χ3v) is 13.6. The summed E-state index contributed by atoms with van der Waals surface area (Å²) >= 11 is 0. The molecule has 14 nitrogen and oxygen atoms in total. The number of nitrogens with zero attached hydrogens (tertiary/aromatic N) is 5. The number of nitrogens with one attached hydrogen (secondary N) is 1. The van der Waals surface area contributed by atoms with Crippen molar-refractivity contribution < 1.29 is 24.2 Å². The highest BCUT2D eigenvalue weighted by molar-refractivity contribution is 6.09. The summed E-state index contributed by atoms with van der Waals surface area (Å²) in [4.78, 5) is 46.8. The van der Waals surface area contributed by atoms with Crippen LogP contribution in [0, 0.1) is 19.8 Å².